The van der Waals surface area contributed by atoms with Gasteiger partial charge in [0.25, 0.3) is 0 Å². The standard InChI is InChI=1S/C12H12BrN5S/c1-12(2,6-14)18-10-5-9(15-7-16-10)17-11-4-3-8(13)19-11/h3-5,7H,1-2H3,(H2,15,16,17,18). The zero-order valence-electron chi connectivity index (χ0n) is 10.4. The Bertz CT molecular complexity index is 617. The van der Waals surface area contributed by atoms with Gasteiger partial charge in [-0.25, -0.2) is 9.97 Å². The highest BCUT2D eigenvalue weighted by molar-refractivity contribution is 9.11. The van der Waals surface area contributed by atoms with Crippen molar-refractivity contribution in [3.63, 3.8) is 0 Å². The first-order chi connectivity index (χ1) is 8.98. The van der Waals surface area contributed by atoms with Gasteiger partial charge in [-0.3, -0.25) is 0 Å². The smallest absolute Gasteiger partial charge is 0.136 e. The van der Waals surface area contributed by atoms with Crippen LogP contribution in [-0.2, 0) is 0 Å². The molecule has 0 radical (unpaired) electrons. The molecule has 0 aliphatic heterocycles. The Balaban J connectivity index is 2.14. The Hall–Kier alpha value is -1.65. The number of hydrogen-bond donors (Lipinski definition) is 2. The minimum Gasteiger partial charge on any atom is -0.352 e. The number of nitrogens with one attached hydrogen (secondary N) is 2. The lowest BCUT2D eigenvalue weighted by Gasteiger charge is -2.18. The van der Waals surface area contributed by atoms with Gasteiger partial charge in [0.05, 0.1) is 14.9 Å². The van der Waals surface area contributed by atoms with Gasteiger partial charge in [-0.1, -0.05) is 0 Å². The van der Waals surface area contributed by atoms with E-state index < -0.39 is 5.54 Å². The highest BCUT2D eigenvalue weighted by Crippen LogP contribution is 2.29. The second kappa shape index (κ2) is 5.55. The molecule has 0 unspecified atom stereocenters. The molecule has 0 aliphatic carbocycles. The predicted octanol–water partition coefficient (Wildman–Crippen LogP) is 3.76. The van der Waals surface area contributed by atoms with Gasteiger partial charge in [0.1, 0.15) is 23.5 Å². The van der Waals surface area contributed by atoms with Gasteiger partial charge in [0, 0.05) is 6.07 Å². The molecule has 98 valence electrons. The molecule has 0 bridgehead atoms. The van der Waals surface area contributed by atoms with E-state index in [2.05, 4.69) is 42.6 Å². The third-order valence-electron chi connectivity index (χ3n) is 2.21. The first-order valence-corrected chi connectivity index (χ1v) is 7.13. The Morgan fingerprint density at radius 3 is 2.68 bits per heavy atom. The van der Waals surface area contributed by atoms with E-state index in [0.29, 0.717) is 11.6 Å². The monoisotopic (exact) mass is 337 g/mol. The maximum atomic E-state index is 8.99. The summed E-state index contributed by atoms with van der Waals surface area (Å²) in [7, 11) is 0. The van der Waals surface area contributed by atoms with E-state index in [9.17, 15) is 0 Å². The van der Waals surface area contributed by atoms with Crippen molar-refractivity contribution in [3.05, 3.63) is 28.3 Å². The lowest BCUT2D eigenvalue weighted by atomic mass is 10.1. The van der Waals surface area contributed by atoms with E-state index in [1.54, 1.807) is 31.3 Å². The van der Waals surface area contributed by atoms with Crippen LogP contribution in [0.1, 0.15) is 13.8 Å². The molecule has 5 nitrogen and oxygen atoms in total. The van der Waals surface area contributed by atoms with Crippen LogP contribution in [0.3, 0.4) is 0 Å². The normalized spacial score (nSPS) is 10.8. The molecule has 2 N–H and O–H groups in total. The summed E-state index contributed by atoms with van der Waals surface area (Å²) in [6.07, 6.45) is 1.46. The predicted molar refractivity (Wildman–Crippen MR) is 80.6 cm³/mol. The molecule has 0 saturated carbocycles. The minimum atomic E-state index is -0.669. The van der Waals surface area contributed by atoms with Gasteiger partial charge in [-0.05, 0) is 41.9 Å². The fourth-order valence-corrected chi connectivity index (χ4v) is 2.64. The summed E-state index contributed by atoms with van der Waals surface area (Å²) in [6, 6.07) is 7.86. The summed E-state index contributed by atoms with van der Waals surface area (Å²) < 4.78 is 1.05. The van der Waals surface area contributed by atoms with Gasteiger partial charge in [0.2, 0.25) is 0 Å². The summed E-state index contributed by atoms with van der Waals surface area (Å²) >= 11 is 4.98. The van der Waals surface area contributed by atoms with Crippen LogP contribution in [-0.4, -0.2) is 15.5 Å². The van der Waals surface area contributed by atoms with E-state index in [1.165, 1.54) is 6.33 Å². The highest BCUT2D eigenvalue weighted by atomic mass is 79.9. The molecule has 0 aromatic carbocycles. The van der Waals surface area contributed by atoms with Crippen molar-refractivity contribution in [2.75, 3.05) is 10.6 Å². The molecule has 2 aromatic heterocycles. The van der Waals surface area contributed by atoms with Crippen molar-refractivity contribution in [2.45, 2.75) is 19.4 Å². The number of anilines is 3. The fourth-order valence-electron chi connectivity index (χ4n) is 1.35. The van der Waals surface area contributed by atoms with Crippen LogP contribution in [0.2, 0.25) is 0 Å². The highest BCUT2D eigenvalue weighted by Gasteiger charge is 2.16. The third-order valence-corrected chi connectivity index (χ3v) is 3.75. The molecule has 0 spiro atoms. The molecule has 0 saturated heterocycles. The number of aromatic nitrogens is 2. The largest absolute Gasteiger partial charge is 0.352 e. The quantitative estimate of drug-likeness (QED) is 0.888. The number of hydrogen-bond acceptors (Lipinski definition) is 6. The molecule has 19 heavy (non-hydrogen) atoms. The van der Waals surface area contributed by atoms with Crippen molar-refractivity contribution in [3.8, 4) is 6.07 Å². The van der Waals surface area contributed by atoms with E-state index in [-0.39, 0.29) is 0 Å². The number of rotatable bonds is 4. The van der Waals surface area contributed by atoms with Crippen LogP contribution < -0.4 is 10.6 Å². The van der Waals surface area contributed by atoms with Crippen LogP contribution in [0.5, 0.6) is 0 Å². The number of nitriles is 1. The Labute approximate surface area is 123 Å². The second-order valence-corrected chi connectivity index (χ2v) is 6.84. The van der Waals surface area contributed by atoms with Crippen LogP contribution in [0.4, 0.5) is 16.6 Å². The average Bonchev–Trinajstić information content (AvgIpc) is 2.75. The van der Waals surface area contributed by atoms with E-state index in [0.717, 1.165) is 8.79 Å². The number of nitrogens with zero attached hydrogens (tertiary/aromatic N) is 3. The maximum Gasteiger partial charge on any atom is 0.136 e. The third kappa shape index (κ3) is 3.91. The van der Waals surface area contributed by atoms with Gasteiger partial charge in [-0.2, -0.15) is 5.26 Å². The molecule has 0 fully saturated rings. The van der Waals surface area contributed by atoms with Crippen molar-refractivity contribution in [1.29, 1.82) is 5.26 Å². The zero-order valence-corrected chi connectivity index (χ0v) is 12.8. The molecule has 0 atom stereocenters. The van der Waals surface area contributed by atoms with Crippen molar-refractivity contribution >= 4 is 43.9 Å². The molecular formula is C12H12BrN5S. The molecule has 7 heteroatoms. The molecule has 2 heterocycles. The molecule has 2 rings (SSSR count). The summed E-state index contributed by atoms with van der Waals surface area (Å²) in [4.78, 5) is 8.25. The molecular weight excluding hydrogens is 326 g/mol. The summed E-state index contributed by atoms with van der Waals surface area (Å²) in [6.45, 7) is 3.58. The Morgan fingerprint density at radius 1 is 1.32 bits per heavy atom. The zero-order chi connectivity index (χ0) is 13.9. The number of thiophene rings is 1. The fraction of sp³-hybridized carbons (Fsp3) is 0.250. The van der Waals surface area contributed by atoms with E-state index >= 15 is 0 Å². The SMILES string of the molecule is CC(C)(C#N)Nc1cc(Nc2ccc(Br)s2)ncn1. The van der Waals surface area contributed by atoms with Gasteiger partial charge in [-0.15, -0.1) is 11.3 Å². The minimum absolute atomic E-state index is 0.611. The van der Waals surface area contributed by atoms with Gasteiger partial charge < -0.3 is 10.6 Å². The topological polar surface area (TPSA) is 73.6 Å². The summed E-state index contributed by atoms with van der Waals surface area (Å²) in [5, 5.41) is 16.2. The summed E-state index contributed by atoms with van der Waals surface area (Å²) in [5.41, 5.74) is -0.669. The maximum absolute atomic E-state index is 8.99. The van der Waals surface area contributed by atoms with Crippen molar-refractivity contribution < 1.29 is 0 Å². The molecule has 0 amide bonds. The Kier molecular flexibility index (Phi) is 4.02. The van der Waals surface area contributed by atoms with Gasteiger partial charge >= 0.3 is 0 Å². The van der Waals surface area contributed by atoms with Crippen LogP contribution >= 0.6 is 27.3 Å². The first kappa shape index (κ1) is 13.8. The van der Waals surface area contributed by atoms with Gasteiger partial charge in [0.15, 0.2) is 0 Å². The Morgan fingerprint density at radius 2 is 2.05 bits per heavy atom. The molecule has 0 aliphatic rings. The second-order valence-electron chi connectivity index (χ2n) is 4.38. The number of halogens is 1. The average molecular weight is 338 g/mol. The van der Waals surface area contributed by atoms with Crippen LogP contribution in [0.25, 0.3) is 0 Å². The molecule has 2 aromatic rings. The lowest BCUT2D eigenvalue weighted by Crippen LogP contribution is -2.28. The van der Waals surface area contributed by atoms with E-state index in [4.69, 9.17) is 5.26 Å². The van der Waals surface area contributed by atoms with Crippen LogP contribution in [0, 0.1) is 11.3 Å². The van der Waals surface area contributed by atoms with Crippen LogP contribution in [0.15, 0.2) is 28.3 Å². The van der Waals surface area contributed by atoms with Crippen molar-refractivity contribution in [2.24, 2.45) is 0 Å². The first-order valence-electron chi connectivity index (χ1n) is 5.52. The summed E-state index contributed by atoms with van der Waals surface area (Å²) in [5.74, 6) is 1.29. The van der Waals surface area contributed by atoms with E-state index in [1.807, 2.05) is 12.1 Å². The van der Waals surface area contributed by atoms with Crippen molar-refractivity contribution in [1.82, 2.24) is 9.97 Å². The lowest BCUT2D eigenvalue weighted by molar-refractivity contribution is 0.723.